The summed E-state index contributed by atoms with van der Waals surface area (Å²) < 4.78 is 6.59. The molecule has 10 aromatic rings. The molecule has 0 atom stereocenters. The minimum absolute atomic E-state index is 0.547. The molecule has 0 aliphatic heterocycles. The van der Waals surface area contributed by atoms with Crippen LogP contribution < -0.4 is 0 Å². The molecule has 3 aromatic heterocycles. The number of nitrogens with zero attached hydrogens (tertiary/aromatic N) is 4. The molecule has 10 rings (SSSR count). The summed E-state index contributed by atoms with van der Waals surface area (Å²) in [6.07, 6.45) is 1.96. The Kier molecular flexibility index (Phi) is 6.74. The van der Waals surface area contributed by atoms with E-state index in [1.165, 1.54) is 5.39 Å². The van der Waals surface area contributed by atoms with E-state index in [1.807, 2.05) is 66.9 Å². The SMILES string of the molecule is c1ccc(-c2ccc(-c3nc(-c4ccccc4)nc(-c4cc(-c5ccc6c(cnc7ccccc76)c5)cc5c4oc4ccccc45)n3)cc2)cc1. The van der Waals surface area contributed by atoms with Crippen LogP contribution in [-0.2, 0) is 0 Å². The van der Waals surface area contributed by atoms with Crippen LogP contribution in [0.4, 0.5) is 0 Å². The summed E-state index contributed by atoms with van der Waals surface area (Å²) in [5, 5.41) is 5.44. The maximum absolute atomic E-state index is 6.59. The maximum atomic E-state index is 6.59. The lowest BCUT2D eigenvalue weighted by Crippen LogP contribution is -2.00. The average molecular weight is 653 g/mol. The smallest absolute Gasteiger partial charge is 0.167 e. The van der Waals surface area contributed by atoms with Crippen LogP contribution in [0.3, 0.4) is 0 Å². The third-order valence-corrected chi connectivity index (χ3v) is 9.56. The zero-order valence-corrected chi connectivity index (χ0v) is 27.4. The van der Waals surface area contributed by atoms with Gasteiger partial charge in [-0.1, -0.05) is 133 Å². The van der Waals surface area contributed by atoms with Gasteiger partial charge < -0.3 is 4.42 Å². The van der Waals surface area contributed by atoms with E-state index < -0.39 is 0 Å². The normalized spacial score (nSPS) is 11.5. The first-order valence-corrected chi connectivity index (χ1v) is 17.0. The van der Waals surface area contributed by atoms with Crippen LogP contribution in [0.1, 0.15) is 0 Å². The first-order valence-electron chi connectivity index (χ1n) is 17.0. The summed E-state index contributed by atoms with van der Waals surface area (Å²) in [5.74, 6) is 1.74. The van der Waals surface area contributed by atoms with Crippen molar-refractivity contribution in [1.82, 2.24) is 19.9 Å². The molecule has 0 spiro atoms. The van der Waals surface area contributed by atoms with Crippen molar-refractivity contribution in [2.24, 2.45) is 0 Å². The van der Waals surface area contributed by atoms with Crippen molar-refractivity contribution in [3.05, 3.63) is 170 Å². The van der Waals surface area contributed by atoms with Gasteiger partial charge in [-0.05, 0) is 58.0 Å². The summed E-state index contributed by atoms with van der Waals surface area (Å²) in [4.78, 5) is 20.0. The van der Waals surface area contributed by atoms with Crippen LogP contribution >= 0.6 is 0 Å². The van der Waals surface area contributed by atoms with E-state index >= 15 is 0 Å². The van der Waals surface area contributed by atoms with Crippen LogP contribution in [0.5, 0.6) is 0 Å². The molecular weight excluding hydrogens is 625 g/mol. The van der Waals surface area contributed by atoms with Gasteiger partial charge in [-0.3, -0.25) is 4.98 Å². The number of fused-ring (bicyclic) bond motifs is 6. The monoisotopic (exact) mass is 652 g/mol. The molecule has 0 N–H and O–H groups in total. The minimum atomic E-state index is 0.547. The Labute approximate surface area is 293 Å². The summed E-state index contributed by atoms with van der Waals surface area (Å²) in [7, 11) is 0. The van der Waals surface area contributed by atoms with Gasteiger partial charge in [0.1, 0.15) is 11.2 Å². The molecule has 0 saturated heterocycles. The number of hydrogen-bond acceptors (Lipinski definition) is 5. The average Bonchev–Trinajstić information content (AvgIpc) is 3.59. The Morgan fingerprint density at radius 2 is 0.961 bits per heavy atom. The standard InChI is InChI=1S/C46H28N4O/c1-3-11-29(12-4-1)30-19-21-32(22-20-30)45-48-44(31-13-5-2-6-14-31)49-46(50-45)40-27-34(26-39-38-16-8-10-18-42(38)51-43(39)40)33-23-24-36-35(25-33)28-47-41-17-9-7-15-37(36)41/h1-28H. The first-order chi connectivity index (χ1) is 25.2. The molecule has 0 unspecified atom stereocenters. The van der Waals surface area contributed by atoms with Crippen LogP contribution in [0.15, 0.2) is 174 Å². The molecule has 0 fully saturated rings. The first kappa shape index (κ1) is 29.0. The molecule has 51 heavy (non-hydrogen) atoms. The highest BCUT2D eigenvalue weighted by atomic mass is 16.3. The van der Waals surface area contributed by atoms with E-state index in [4.69, 9.17) is 24.4 Å². The highest BCUT2D eigenvalue weighted by Gasteiger charge is 2.20. The Morgan fingerprint density at radius 3 is 1.75 bits per heavy atom. The topological polar surface area (TPSA) is 64.7 Å². The zero-order chi connectivity index (χ0) is 33.7. The van der Waals surface area contributed by atoms with Crippen molar-refractivity contribution in [3.63, 3.8) is 0 Å². The summed E-state index contributed by atoms with van der Waals surface area (Å²) >= 11 is 0. The van der Waals surface area contributed by atoms with E-state index in [9.17, 15) is 0 Å². The van der Waals surface area contributed by atoms with Crippen LogP contribution in [0.2, 0.25) is 0 Å². The lowest BCUT2D eigenvalue weighted by atomic mass is 9.96. The van der Waals surface area contributed by atoms with Gasteiger partial charge in [0.15, 0.2) is 17.5 Å². The summed E-state index contributed by atoms with van der Waals surface area (Å²) in [6.45, 7) is 0. The molecule has 5 nitrogen and oxygen atoms in total. The number of para-hydroxylation sites is 2. The van der Waals surface area contributed by atoms with Gasteiger partial charge in [0.2, 0.25) is 0 Å². The number of benzene rings is 7. The van der Waals surface area contributed by atoms with Crippen molar-refractivity contribution >= 4 is 43.6 Å². The van der Waals surface area contributed by atoms with Crippen molar-refractivity contribution < 1.29 is 4.42 Å². The second kappa shape index (κ2) is 11.9. The largest absolute Gasteiger partial charge is 0.455 e. The molecule has 0 bridgehead atoms. The molecular formula is C46H28N4O. The predicted octanol–water partition coefficient (Wildman–Crippen LogP) is 11.8. The second-order valence-corrected chi connectivity index (χ2v) is 12.7. The molecule has 0 amide bonds. The van der Waals surface area contributed by atoms with E-state index in [1.54, 1.807) is 0 Å². The predicted molar refractivity (Wildman–Crippen MR) is 207 cm³/mol. The fraction of sp³-hybridized carbons (Fsp3) is 0. The molecule has 7 aromatic carbocycles. The third-order valence-electron chi connectivity index (χ3n) is 9.56. The van der Waals surface area contributed by atoms with Gasteiger partial charge in [0.25, 0.3) is 0 Å². The number of rotatable bonds is 5. The van der Waals surface area contributed by atoms with Gasteiger partial charge in [0.05, 0.1) is 11.1 Å². The Bertz CT molecular complexity index is 2900. The Morgan fingerprint density at radius 1 is 0.373 bits per heavy atom. The van der Waals surface area contributed by atoms with Crippen LogP contribution in [-0.4, -0.2) is 19.9 Å². The van der Waals surface area contributed by atoms with Gasteiger partial charge in [-0.2, -0.15) is 0 Å². The number of furan rings is 1. The van der Waals surface area contributed by atoms with Crippen LogP contribution in [0, 0.1) is 0 Å². The lowest BCUT2D eigenvalue weighted by molar-refractivity contribution is 0.669. The van der Waals surface area contributed by atoms with Gasteiger partial charge in [-0.15, -0.1) is 0 Å². The Hall–Kier alpha value is -6.98. The van der Waals surface area contributed by atoms with Crippen molar-refractivity contribution in [3.8, 4) is 56.4 Å². The second-order valence-electron chi connectivity index (χ2n) is 12.7. The fourth-order valence-corrected chi connectivity index (χ4v) is 6.99. The van der Waals surface area contributed by atoms with Crippen molar-refractivity contribution in [2.45, 2.75) is 0 Å². The molecule has 0 aliphatic carbocycles. The minimum Gasteiger partial charge on any atom is -0.455 e. The van der Waals surface area contributed by atoms with Gasteiger partial charge in [-0.25, -0.2) is 15.0 Å². The molecule has 5 heteroatoms. The zero-order valence-electron chi connectivity index (χ0n) is 27.4. The molecule has 0 radical (unpaired) electrons. The number of pyridine rings is 1. The molecule has 238 valence electrons. The van der Waals surface area contributed by atoms with Crippen LogP contribution in [0.25, 0.3) is 100 Å². The Balaban J connectivity index is 1.19. The molecule has 0 saturated carbocycles. The highest BCUT2D eigenvalue weighted by molar-refractivity contribution is 6.12. The van der Waals surface area contributed by atoms with Crippen molar-refractivity contribution in [2.75, 3.05) is 0 Å². The van der Waals surface area contributed by atoms with E-state index in [-0.39, 0.29) is 0 Å². The lowest BCUT2D eigenvalue weighted by Gasteiger charge is -2.11. The quantitative estimate of drug-likeness (QED) is 0.173. The van der Waals surface area contributed by atoms with Gasteiger partial charge in [0, 0.05) is 38.9 Å². The van der Waals surface area contributed by atoms with E-state index in [0.717, 1.165) is 77.2 Å². The van der Waals surface area contributed by atoms with E-state index in [2.05, 4.69) is 103 Å². The highest BCUT2D eigenvalue weighted by Crippen LogP contribution is 2.40. The third kappa shape index (κ3) is 5.11. The van der Waals surface area contributed by atoms with Crippen molar-refractivity contribution in [1.29, 1.82) is 0 Å². The van der Waals surface area contributed by atoms with Gasteiger partial charge >= 0.3 is 0 Å². The number of hydrogen-bond donors (Lipinski definition) is 0. The molecule has 3 heterocycles. The van der Waals surface area contributed by atoms with E-state index in [0.29, 0.717) is 17.5 Å². The summed E-state index contributed by atoms with van der Waals surface area (Å²) in [5.41, 5.74) is 9.56. The number of aromatic nitrogens is 4. The summed E-state index contributed by atoms with van der Waals surface area (Å²) in [6, 6.07) is 56.2. The fourth-order valence-electron chi connectivity index (χ4n) is 6.99. The maximum Gasteiger partial charge on any atom is 0.167 e. The molecule has 0 aliphatic rings.